The molecular weight excluding hydrogens is 415 g/mol. The normalized spacial score (nSPS) is 12.1. The number of para-hydroxylation sites is 1. The summed E-state index contributed by atoms with van der Waals surface area (Å²) in [7, 11) is 1.60. The summed E-state index contributed by atoms with van der Waals surface area (Å²) in [5.74, 6) is -0.831. The fraction of sp³-hybridized carbons (Fsp3) is 0.250. The Labute approximate surface area is 194 Å². The SMILES string of the molecule is COCCNC(=O)C[C@H](c1cc(C)ccc1F)c1cn(Cc2ccccc2)c2ccccc12. The lowest BCUT2D eigenvalue weighted by Crippen LogP contribution is -2.28. The van der Waals surface area contributed by atoms with E-state index in [1.165, 1.54) is 11.6 Å². The molecule has 0 saturated heterocycles. The van der Waals surface area contributed by atoms with Gasteiger partial charge in [0.15, 0.2) is 0 Å². The number of ether oxygens (including phenoxy) is 1. The van der Waals surface area contributed by atoms with E-state index in [1.54, 1.807) is 13.2 Å². The number of nitrogens with one attached hydrogen (secondary N) is 1. The van der Waals surface area contributed by atoms with Crippen LogP contribution in [0.4, 0.5) is 4.39 Å². The van der Waals surface area contributed by atoms with Crippen LogP contribution in [0.3, 0.4) is 0 Å². The Morgan fingerprint density at radius 2 is 1.79 bits per heavy atom. The molecule has 170 valence electrons. The summed E-state index contributed by atoms with van der Waals surface area (Å²) in [5, 5.41) is 3.92. The summed E-state index contributed by atoms with van der Waals surface area (Å²) in [5.41, 5.74) is 4.70. The van der Waals surface area contributed by atoms with Crippen LogP contribution in [-0.4, -0.2) is 30.7 Å². The molecule has 0 radical (unpaired) electrons. The highest BCUT2D eigenvalue weighted by molar-refractivity contribution is 5.86. The number of carbonyl (C=O) groups excluding carboxylic acids is 1. The van der Waals surface area contributed by atoms with E-state index in [4.69, 9.17) is 4.74 Å². The zero-order chi connectivity index (χ0) is 23.2. The smallest absolute Gasteiger partial charge is 0.221 e. The first kappa shape index (κ1) is 22.7. The molecule has 1 heterocycles. The lowest BCUT2D eigenvalue weighted by atomic mass is 9.87. The van der Waals surface area contributed by atoms with Crippen LogP contribution in [0.15, 0.2) is 79.0 Å². The highest BCUT2D eigenvalue weighted by Crippen LogP contribution is 2.36. The molecule has 0 bridgehead atoms. The number of aryl methyl sites for hydroxylation is 1. The van der Waals surface area contributed by atoms with Gasteiger partial charge < -0.3 is 14.6 Å². The number of methoxy groups -OCH3 is 1. The largest absolute Gasteiger partial charge is 0.383 e. The molecule has 0 unspecified atom stereocenters. The van der Waals surface area contributed by atoms with Crippen LogP contribution in [0.5, 0.6) is 0 Å². The quantitative estimate of drug-likeness (QED) is 0.350. The molecule has 0 aliphatic carbocycles. The third-order valence-electron chi connectivity index (χ3n) is 5.94. The number of hydrogen-bond donors (Lipinski definition) is 1. The molecule has 3 aromatic carbocycles. The van der Waals surface area contributed by atoms with Crippen molar-refractivity contribution in [2.45, 2.75) is 25.8 Å². The first-order valence-corrected chi connectivity index (χ1v) is 11.2. The number of hydrogen-bond acceptors (Lipinski definition) is 2. The number of halogens is 1. The van der Waals surface area contributed by atoms with Crippen LogP contribution in [-0.2, 0) is 16.1 Å². The van der Waals surface area contributed by atoms with Gasteiger partial charge >= 0.3 is 0 Å². The Balaban J connectivity index is 1.78. The first-order chi connectivity index (χ1) is 16.1. The van der Waals surface area contributed by atoms with Crippen molar-refractivity contribution in [1.29, 1.82) is 0 Å². The average Bonchev–Trinajstić information content (AvgIpc) is 3.18. The van der Waals surface area contributed by atoms with Crippen LogP contribution >= 0.6 is 0 Å². The van der Waals surface area contributed by atoms with E-state index in [0.29, 0.717) is 25.3 Å². The molecule has 4 nitrogen and oxygen atoms in total. The Kier molecular flexibility index (Phi) is 7.20. The zero-order valence-corrected chi connectivity index (χ0v) is 19.1. The van der Waals surface area contributed by atoms with E-state index in [2.05, 4.69) is 40.3 Å². The molecule has 0 spiro atoms. The van der Waals surface area contributed by atoms with Gasteiger partial charge in [0, 0.05) is 49.6 Å². The molecule has 4 aromatic rings. The number of aromatic nitrogens is 1. The topological polar surface area (TPSA) is 43.3 Å². The van der Waals surface area contributed by atoms with Gasteiger partial charge in [-0.25, -0.2) is 4.39 Å². The standard InChI is InChI=1S/C28H29FN2O2/c1-20-12-13-26(29)24(16-20)23(17-28(32)30-14-15-33-2)25-19-31(18-21-8-4-3-5-9-21)27-11-7-6-10-22(25)27/h3-13,16,19,23H,14-15,17-18H2,1-2H3,(H,30,32)/t23-/m1/s1. The van der Waals surface area contributed by atoms with E-state index in [0.717, 1.165) is 22.0 Å². The minimum atomic E-state index is -0.408. The second-order valence-electron chi connectivity index (χ2n) is 8.34. The van der Waals surface area contributed by atoms with Crippen molar-refractivity contribution in [3.8, 4) is 0 Å². The summed E-state index contributed by atoms with van der Waals surface area (Å²) in [6.07, 6.45) is 2.23. The maximum absolute atomic E-state index is 15.1. The molecule has 0 fully saturated rings. The Morgan fingerprint density at radius 3 is 2.58 bits per heavy atom. The molecule has 4 rings (SSSR count). The van der Waals surface area contributed by atoms with E-state index in [1.807, 2.05) is 43.3 Å². The van der Waals surface area contributed by atoms with E-state index in [9.17, 15) is 4.79 Å². The molecule has 0 saturated carbocycles. The van der Waals surface area contributed by atoms with Crippen LogP contribution in [0.2, 0.25) is 0 Å². The van der Waals surface area contributed by atoms with Crippen LogP contribution in [0.25, 0.3) is 10.9 Å². The molecule has 0 aliphatic rings. The predicted octanol–water partition coefficient (Wildman–Crippen LogP) is 5.42. The van der Waals surface area contributed by atoms with Crippen molar-refractivity contribution in [3.05, 3.63) is 107 Å². The van der Waals surface area contributed by atoms with Crippen molar-refractivity contribution in [3.63, 3.8) is 0 Å². The van der Waals surface area contributed by atoms with E-state index < -0.39 is 5.92 Å². The lowest BCUT2D eigenvalue weighted by Gasteiger charge is -2.18. The van der Waals surface area contributed by atoms with Crippen molar-refractivity contribution in [2.24, 2.45) is 0 Å². The fourth-order valence-corrected chi connectivity index (χ4v) is 4.33. The molecule has 1 aromatic heterocycles. The summed E-state index contributed by atoms with van der Waals surface area (Å²) in [4.78, 5) is 12.8. The number of carbonyl (C=O) groups is 1. The lowest BCUT2D eigenvalue weighted by molar-refractivity contribution is -0.121. The van der Waals surface area contributed by atoms with Gasteiger partial charge in [0.2, 0.25) is 5.91 Å². The third-order valence-corrected chi connectivity index (χ3v) is 5.94. The van der Waals surface area contributed by atoms with Crippen molar-refractivity contribution in [1.82, 2.24) is 9.88 Å². The molecule has 33 heavy (non-hydrogen) atoms. The zero-order valence-electron chi connectivity index (χ0n) is 19.1. The fourth-order valence-electron chi connectivity index (χ4n) is 4.33. The van der Waals surface area contributed by atoms with Crippen LogP contribution in [0, 0.1) is 12.7 Å². The van der Waals surface area contributed by atoms with Gasteiger partial charge in [0.1, 0.15) is 5.82 Å². The maximum Gasteiger partial charge on any atom is 0.221 e. The molecule has 0 aliphatic heterocycles. The van der Waals surface area contributed by atoms with Gasteiger partial charge in [-0.05, 0) is 35.7 Å². The predicted molar refractivity (Wildman–Crippen MR) is 130 cm³/mol. The number of nitrogens with zero attached hydrogens (tertiary/aromatic N) is 1. The van der Waals surface area contributed by atoms with E-state index >= 15 is 4.39 Å². The Hall–Kier alpha value is -3.44. The molecule has 1 N–H and O–H groups in total. The highest BCUT2D eigenvalue weighted by atomic mass is 19.1. The van der Waals surface area contributed by atoms with Gasteiger partial charge in [0.25, 0.3) is 0 Å². The van der Waals surface area contributed by atoms with Gasteiger partial charge in [-0.15, -0.1) is 0 Å². The summed E-state index contributed by atoms with van der Waals surface area (Å²) in [6, 6.07) is 23.5. The summed E-state index contributed by atoms with van der Waals surface area (Å²) in [6.45, 7) is 3.50. The van der Waals surface area contributed by atoms with Crippen LogP contribution in [0.1, 0.15) is 34.6 Å². The van der Waals surface area contributed by atoms with E-state index in [-0.39, 0.29) is 18.1 Å². The molecule has 5 heteroatoms. The third kappa shape index (κ3) is 5.32. The van der Waals surface area contributed by atoms with Gasteiger partial charge in [-0.3, -0.25) is 4.79 Å². The van der Waals surface area contributed by atoms with Crippen molar-refractivity contribution < 1.29 is 13.9 Å². The summed E-state index contributed by atoms with van der Waals surface area (Å²) < 4.78 is 22.3. The molecular formula is C28H29FN2O2. The second-order valence-corrected chi connectivity index (χ2v) is 8.34. The Bertz CT molecular complexity index is 1230. The highest BCUT2D eigenvalue weighted by Gasteiger charge is 2.25. The molecule has 1 amide bonds. The number of fused-ring (bicyclic) bond motifs is 1. The maximum atomic E-state index is 15.1. The second kappa shape index (κ2) is 10.5. The number of rotatable bonds is 9. The number of benzene rings is 3. The minimum absolute atomic E-state index is 0.127. The number of amides is 1. The van der Waals surface area contributed by atoms with Gasteiger partial charge in [-0.1, -0.05) is 66.2 Å². The minimum Gasteiger partial charge on any atom is -0.383 e. The van der Waals surface area contributed by atoms with Gasteiger partial charge in [0.05, 0.1) is 6.61 Å². The Morgan fingerprint density at radius 1 is 1.03 bits per heavy atom. The summed E-state index contributed by atoms with van der Waals surface area (Å²) >= 11 is 0. The first-order valence-electron chi connectivity index (χ1n) is 11.2. The van der Waals surface area contributed by atoms with Crippen molar-refractivity contribution in [2.75, 3.05) is 20.3 Å². The monoisotopic (exact) mass is 444 g/mol. The molecule has 1 atom stereocenters. The average molecular weight is 445 g/mol. The van der Waals surface area contributed by atoms with Gasteiger partial charge in [-0.2, -0.15) is 0 Å². The van der Waals surface area contributed by atoms with Crippen LogP contribution < -0.4 is 5.32 Å². The van der Waals surface area contributed by atoms with Crippen molar-refractivity contribution >= 4 is 16.8 Å².